The normalized spacial score (nSPS) is 23.1. The van der Waals surface area contributed by atoms with Crippen LogP contribution in [0.4, 0.5) is 4.79 Å². The molecule has 0 aromatic carbocycles. The fraction of sp³-hybridized carbons (Fsp3) is 0.800. The molecular weight excluding hydrogens is 196 g/mol. The van der Waals surface area contributed by atoms with Crippen molar-refractivity contribution in [3.05, 3.63) is 0 Å². The molecule has 0 radical (unpaired) electrons. The van der Waals surface area contributed by atoms with Crippen LogP contribution in [-0.4, -0.2) is 54.1 Å². The van der Waals surface area contributed by atoms with Gasteiger partial charge in [0.1, 0.15) is 6.61 Å². The minimum atomic E-state index is -0.198. The van der Waals surface area contributed by atoms with Gasteiger partial charge in [0.15, 0.2) is 0 Å². The monoisotopic (exact) mass is 212 g/mol. The van der Waals surface area contributed by atoms with Gasteiger partial charge in [-0.15, -0.1) is 0 Å². The summed E-state index contributed by atoms with van der Waals surface area (Å²) >= 11 is 0. The molecule has 84 valence electrons. The topological polar surface area (TPSA) is 49.9 Å². The van der Waals surface area contributed by atoms with E-state index in [1.54, 1.807) is 11.8 Å². The Morgan fingerprint density at radius 2 is 2.00 bits per heavy atom. The van der Waals surface area contributed by atoms with Crippen LogP contribution in [0.15, 0.2) is 0 Å². The van der Waals surface area contributed by atoms with Crippen molar-refractivity contribution >= 4 is 12.0 Å². The zero-order valence-corrected chi connectivity index (χ0v) is 8.94. The van der Waals surface area contributed by atoms with Gasteiger partial charge in [-0.3, -0.25) is 4.79 Å². The van der Waals surface area contributed by atoms with Crippen LogP contribution < -0.4 is 0 Å². The smallest absolute Gasteiger partial charge is 0.410 e. The van der Waals surface area contributed by atoms with E-state index in [0.717, 1.165) is 25.9 Å². The zero-order chi connectivity index (χ0) is 10.8. The second-order valence-electron chi connectivity index (χ2n) is 4.05. The van der Waals surface area contributed by atoms with Gasteiger partial charge in [-0.05, 0) is 12.8 Å². The quantitative estimate of drug-likeness (QED) is 0.634. The van der Waals surface area contributed by atoms with E-state index in [1.165, 1.54) is 0 Å². The number of nitrogens with zero attached hydrogens (tertiary/aromatic N) is 2. The lowest BCUT2D eigenvalue weighted by Crippen LogP contribution is -2.46. The number of cyclic esters (lactones) is 1. The number of amides is 2. The highest BCUT2D eigenvalue weighted by atomic mass is 16.6. The van der Waals surface area contributed by atoms with Crippen LogP contribution in [0, 0.1) is 0 Å². The first kappa shape index (κ1) is 10.3. The highest BCUT2D eigenvalue weighted by Crippen LogP contribution is 2.19. The van der Waals surface area contributed by atoms with Gasteiger partial charge in [0, 0.05) is 26.1 Å². The minimum absolute atomic E-state index is 0.123. The molecule has 2 aliphatic heterocycles. The molecule has 2 aliphatic rings. The lowest BCUT2D eigenvalue weighted by atomic mass is 10.0. The van der Waals surface area contributed by atoms with Crippen molar-refractivity contribution in [2.75, 3.05) is 26.2 Å². The molecule has 0 unspecified atom stereocenters. The number of hydrogen-bond donors (Lipinski definition) is 0. The third-order valence-corrected chi connectivity index (χ3v) is 3.14. The van der Waals surface area contributed by atoms with Crippen molar-refractivity contribution in [3.63, 3.8) is 0 Å². The molecule has 2 heterocycles. The molecule has 2 saturated heterocycles. The number of carbonyl (C=O) groups excluding carboxylic acids is 2. The van der Waals surface area contributed by atoms with Crippen LogP contribution in [0.25, 0.3) is 0 Å². The number of carbonyl (C=O) groups is 2. The van der Waals surface area contributed by atoms with Gasteiger partial charge in [0.25, 0.3) is 0 Å². The van der Waals surface area contributed by atoms with Gasteiger partial charge in [0.2, 0.25) is 5.91 Å². The van der Waals surface area contributed by atoms with Crippen molar-refractivity contribution in [1.82, 2.24) is 9.80 Å². The standard InChI is InChI=1S/C10H16N2O3/c1-8(13)11-4-2-9(3-5-11)12-6-7-15-10(12)14/h9H,2-7H2,1H3. The number of hydrogen-bond acceptors (Lipinski definition) is 3. The van der Waals surface area contributed by atoms with Crippen LogP contribution in [0.2, 0.25) is 0 Å². The van der Waals surface area contributed by atoms with Crippen LogP contribution in [0.1, 0.15) is 19.8 Å². The predicted molar refractivity (Wildman–Crippen MR) is 53.3 cm³/mol. The first-order valence-corrected chi connectivity index (χ1v) is 5.37. The average molecular weight is 212 g/mol. The number of likely N-dealkylation sites (tertiary alicyclic amines) is 1. The molecule has 2 rings (SSSR count). The van der Waals surface area contributed by atoms with E-state index in [9.17, 15) is 9.59 Å². The summed E-state index contributed by atoms with van der Waals surface area (Å²) in [5.74, 6) is 0.123. The van der Waals surface area contributed by atoms with Gasteiger partial charge >= 0.3 is 6.09 Å². The van der Waals surface area contributed by atoms with Gasteiger partial charge in [-0.1, -0.05) is 0 Å². The second-order valence-corrected chi connectivity index (χ2v) is 4.05. The number of ether oxygens (including phenoxy) is 1. The minimum Gasteiger partial charge on any atom is -0.448 e. The SMILES string of the molecule is CC(=O)N1CCC(N2CCOC2=O)CC1. The number of rotatable bonds is 1. The largest absolute Gasteiger partial charge is 0.448 e. The molecule has 0 N–H and O–H groups in total. The van der Waals surface area contributed by atoms with Crippen LogP contribution >= 0.6 is 0 Å². The summed E-state index contributed by atoms with van der Waals surface area (Å²) in [6.07, 6.45) is 1.54. The van der Waals surface area contributed by atoms with Gasteiger partial charge < -0.3 is 14.5 Å². The Hall–Kier alpha value is -1.26. The van der Waals surface area contributed by atoms with E-state index in [4.69, 9.17) is 4.74 Å². The van der Waals surface area contributed by atoms with Crippen molar-refractivity contribution < 1.29 is 14.3 Å². The molecule has 0 spiro atoms. The highest BCUT2D eigenvalue weighted by molar-refractivity contribution is 5.73. The molecule has 0 aromatic heterocycles. The average Bonchev–Trinajstić information content (AvgIpc) is 2.65. The molecule has 5 nitrogen and oxygen atoms in total. The molecule has 2 amide bonds. The lowest BCUT2D eigenvalue weighted by Gasteiger charge is -2.35. The fourth-order valence-corrected chi connectivity index (χ4v) is 2.23. The van der Waals surface area contributed by atoms with Crippen LogP contribution in [0.5, 0.6) is 0 Å². The maximum atomic E-state index is 11.3. The molecule has 0 bridgehead atoms. The third kappa shape index (κ3) is 2.06. The van der Waals surface area contributed by atoms with Crippen LogP contribution in [-0.2, 0) is 9.53 Å². The fourth-order valence-electron chi connectivity index (χ4n) is 2.23. The first-order chi connectivity index (χ1) is 7.18. The summed E-state index contributed by atoms with van der Waals surface area (Å²) in [6, 6.07) is 0.260. The van der Waals surface area contributed by atoms with E-state index < -0.39 is 0 Å². The maximum absolute atomic E-state index is 11.3. The molecular formula is C10H16N2O3. The first-order valence-electron chi connectivity index (χ1n) is 5.37. The molecule has 0 aliphatic carbocycles. The van der Waals surface area contributed by atoms with E-state index in [1.807, 2.05) is 4.90 Å². The Balaban J connectivity index is 1.87. The number of piperidine rings is 1. The summed E-state index contributed by atoms with van der Waals surface area (Å²) in [5, 5.41) is 0. The Kier molecular flexibility index (Phi) is 2.79. The Morgan fingerprint density at radius 3 is 2.47 bits per heavy atom. The lowest BCUT2D eigenvalue weighted by molar-refractivity contribution is -0.130. The summed E-state index contributed by atoms with van der Waals surface area (Å²) in [5.41, 5.74) is 0. The molecule has 0 atom stereocenters. The Labute approximate surface area is 89.0 Å². The highest BCUT2D eigenvalue weighted by Gasteiger charge is 2.32. The van der Waals surface area contributed by atoms with Crippen molar-refractivity contribution in [2.45, 2.75) is 25.8 Å². The second kappa shape index (κ2) is 4.08. The van der Waals surface area contributed by atoms with Crippen LogP contribution in [0.3, 0.4) is 0 Å². The molecule has 5 heteroatoms. The third-order valence-electron chi connectivity index (χ3n) is 3.14. The molecule has 0 aromatic rings. The van der Waals surface area contributed by atoms with Crippen molar-refractivity contribution in [3.8, 4) is 0 Å². The predicted octanol–water partition coefficient (Wildman–Crippen LogP) is 0.450. The van der Waals surface area contributed by atoms with Gasteiger partial charge in [-0.25, -0.2) is 4.79 Å². The summed E-state index contributed by atoms with van der Waals surface area (Å²) in [6.45, 7) is 4.30. The van der Waals surface area contributed by atoms with Crippen molar-refractivity contribution in [1.29, 1.82) is 0 Å². The summed E-state index contributed by atoms with van der Waals surface area (Å²) in [4.78, 5) is 26.0. The van der Waals surface area contributed by atoms with Gasteiger partial charge in [0.05, 0.1) is 6.54 Å². The molecule has 2 fully saturated rings. The van der Waals surface area contributed by atoms with E-state index >= 15 is 0 Å². The summed E-state index contributed by atoms with van der Waals surface area (Å²) < 4.78 is 4.90. The van der Waals surface area contributed by atoms with E-state index in [0.29, 0.717) is 13.2 Å². The maximum Gasteiger partial charge on any atom is 0.410 e. The van der Waals surface area contributed by atoms with E-state index in [-0.39, 0.29) is 18.0 Å². The molecule has 0 saturated carbocycles. The Bertz CT molecular complexity index is 272. The van der Waals surface area contributed by atoms with E-state index in [2.05, 4.69) is 0 Å². The Morgan fingerprint density at radius 1 is 1.33 bits per heavy atom. The van der Waals surface area contributed by atoms with Crippen molar-refractivity contribution in [2.24, 2.45) is 0 Å². The van der Waals surface area contributed by atoms with Gasteiger partial charge in [-0.2, -0.15) is 0 Å². The summed E-state index contributed by atoms with van der Waals surface area (Å²) in [7, 11) is 0. The molecule has 15 heavy (non-hydrogen) atoms. The zero-order valence-electron chi connectivity index (χ0n) is 8.94.